The lowest BCUT2D eigenvalue weighted by Crippen LogP contribution is -2.35. The molecule has 1 heterocycles. The van der Waals surface area contributed by atoms with Crippen LogP contribution in [0.25, 0.3) is 0 Å². The number of nitrogens with one attached hydrogen (secondary N) is 2. The second-order valence-corrected chi connectivity index (χ2v) is 4.16. The molecule has 1 amide bonds. The van der Waals surface area contributed by atoms with Gasteiger partial charge in [-0.3, -0.25) is 9.78 Å². The molecule has 0 aliphatic heterocycles. The Morgan fingerprint density at radius 2 is 2.06 bits per heavy atom. The lowest BCUT2D eigenvalue weighted by Gasteiger charge is -2.08. The van der Waals surface area contributed by atoms with Gasteiger partial charge in [-0.25, -0.2) is 0 Å². The number of carbonyl (C=O) groups excluding carboxylic acids is 1. The second-order valence-electron chi connectivity index (χ2n) is 4.16. The molecule has 0 unspecified atom stereocenters. The highest BCUT2D eigenvalue weighted by atomic mass is 16.1. The number of nitrogens with zero attached hydrogens (tertiary/aromatic N) is 1. The van der Waals surface area contributed by atoms with Crippen molar-refractivity contribution in [1.82, 2.24) is 15.6 Å². The Bertz CT molecular complexity index is 311. The molecule has 1 rings (SSSR count). The van der Waals surface area contributed by atoms with Crippen molar-refractivity contribution in [3.63, 3.8) is 0 Å². The van der Waals surface area contributed by atoms with E-state index in [-0.39, 0.29) is 5.91 Å². The highest BCUT2D eigenvalue weighted by Crippen LogP contribution is 1.94. The van der Waals surface area contributed by atoms with Crippen molar-refractivity contribution >= 4 is 5.91 Å². The van der Waals surface area contributed by atoms with Gasteiger partial charge in [0.15, 0.2) is 0 Å². The number of hydrogen-bond donors (Lipinski definition) is 2. The van der Waals surface area contributed by atoms with Crippen LogP contribution in [0.2, 0.25) is 0 Å². The van der Waals surface area contributed by atoms with Crippen molar-refractivity contribution in [2.75, 3.05) is 13.1 Å². The Hall–Kier alpha value is -1.42. The molecule has 0 fully saturated rings. The topological polar surface area (TPSA) is 54.0 Å². The number of aromatic nitrogens is 1. The normalized spacial score (nSPS) is 10.4. The second kappa shape index (κ2) is 6.95. The molecular weight excluding hydrogens is 202 g/mol. The molecule has 1 aromatic heterocycles. The van der Waals surface area contributed by atoms with Crippen LogP contribution in [0, 0.1) is 5.92 Å². The van der Waals surface area contributed by atoms with Crippen LogP contribution in [-0.4, -0.2) is 24.0 Å². The predicted octanol–water partition coefficient (Wildman–Crippen LogP) is 0.943. The molecule has 16 heavy (non-hydrogen) atoms. The monoisotopic (exact) mass is 221 g/mol. The molecule has 0 radical (unpaired) electrons. The van der Waals surface area contributed by atoms with Crippen molar-refractivity contribution in [2.24, 2.45) is 5.92 Å². The minimum absolute atomic E-state index is 0.0442. The van der Waals surface area contributed by atoms with Crippen LogP contribution < -0.4 is 10.6 Å². The Morgan fingerprint density at radius 3 is 2.69 bits per heavy atom. The summed E-state index contributed by atoms with van der Waals surface area (Å²) in [4.78, 5) is 15.3. The summed E-state index contributed by atoms with van der Waals surface area (Å²) in [5.41, 5.74) is 1.13. The molecule has 0 aliphatic rings. The smallest absolute Gasteiger partial charge is 0.233 e. The molecule has 4 nitrogen and oxygen atoms in total. The Balaban J connectivity index is 2.13. The molecule has 4 heteroatoms. The zero-order chi connectivity index (χ0) is 11.8. The zero-order valence-corrected chi connectivity index (χ0v) is 9.86. The summed E-state index contributed by atoms with van der Waals surface area (Å²) < 4.78 is 0. The van der Waals surface area contributed by atoms with Gasteiger partial charge in [0.25, 0.3) is 0 Å². The van der Waals surface area contributed by atoms with Crippen LogP contribution >= 0.6 is 0 Å². The maximum absolute atomic E-state index is 11.4. The van der Waals surface area contributed by atoms with Crippen LogP contribution in [0.3, 0.4) is 0 Å². The minimum atomic E-state index is 0.0442. The molecule has 0 saturated heterocycles. The summed E-state index contributed by atoms with van der Waals surface area (Å²) in [6.45, 7) is 5.93. The van der Waals surface area contributed by atoms with E-state index in [2.05, 4.69) is 29.5 Å². The lowest BCUT2D eigenvalue weighted by molar-refractivity contribution is -0.120. The number of rotatable bonds is 6. The van der Waals surface area contributed by atoms with Crippen molar-refractivity contribution in [3.05, 3.63) is 30.1 Å². The van der Waals surface area contributed by atoms with E-state index in [1.807, 2.05) is 12.1 Å². The molecule has 0 saturated carbocycles. The molecule has 0 spiro atoms. The van der Waals surface area contributed by atoms with Gasteiger partial charge in [0.2, 0.25) is 5.91 Å². The molecule has 88 valence electrons. The molecular formula is C12H19N3O. The number of pyridine rings is 1. The van der Waals surface area contributed by atoms with Gasteiger partial charge in [0, 0.05) is 25.5 Å². The highest BCUT2D eigenvalue weighted by molar-refractivity contribution is 5.77. The third-order valence-corrected chi connectivity index (χ3v) is 2.07. The Kier molecular flexibility index (Phi) is 5.50. The fourth-order valence-electron chi connectivity index (χ4n) is 1.20. The zero-order valence-electron chi connectivity index (χ0n) is 9.86. The van der Waals surface area contributed by atoms with Gasteiger partial charge in [-0.15, -0.1) is 0 Å². The van der Waals surface area contributed by atoms with Crippen molar-refractivity contribution < 1.29 is 4.79 Å². The van der Waals surface area contributed by atoms with Crippen molar-refractivity contribution in [3.8, 4) is 0 Å². The quantitative estimate of drug-likeness (QED) is 0.752. The Morgan fingerprint density at radius 1 is 1.38 bits per heavy atom. The maximum Gasteiger partial charge on any atom is 0.233 e. The summed E-state index contributed by atoms with van der Waals surface area (Å²) in [6, 6.07) is 3.86. The highest BCUT2D eigenvalue weighted by Gasteiger charge is 2.01. The summed E-state index contributed by atoms with van der Waals surface area (Å²) in [6.07, 6.45) is 3.49. The fourth-order valence-corrected chi connectivity index (χ4v) is 1.20. The van der Waals surface area contributed by atoms with E-state index in [4.69, 9.17) is 0 Å². The summed E-state index contributed by atoms with van der Waals surface area (Å²) in [5, 5.41) is 5.94. The van der Waals surface area contributed by atoms with Crippen LogP contribution in [0.1, 0.15) is 19.4 Å². The van der Waals surface area contributed by atoms with Gasteiger partial charge in [-0.1, -0.05) is 13.8 Å². The number of hydrogen-bond acceptors (Lipinski definition) is 3. The van der Waals surface area contributed by atoms with Crippen LogP contribution in [0.5, 0.6) is 0 Å². The largest absolute Gasteiger partial charge is 0.355 e. The van der Waals surface area contributed by atoms with Crippen molar-refractivity contribution in [1.29, 1.82) is 0 Å². The van der Waals surface area contributed by atoms with E-state index in [0.717, 1.165) is 12.1 Å². The molecule has 0 aromatic carbocycles. The van der Waals surface area contributed by atoms with Crippen LogP contribution in [-0.2, 0) is 11.3 Å². The van der Waals surface area contributed by atoms with Gasteiger partial charge in [-0.2, -0.15) is 0 Å². The summed E-state index contributed by atoms with van der Waals surface area (Å²) in [7, 11) is 0. The number of amides is 1. The summed E-state index contributed by atoms with van der Waals surface area (Å²) >= 11 is 0. The predicted molar refractivity (Wildman–Crippen MR) is 63.8 cm³/mol. The molecule has 0 bridgehead atoms. The first-order valence-corrected chi connectivity index (χ1v) is 5.55. The van der Waals surface area contributed by atoms with Crippen molar-refractivity contribution in [2.45, 2.75) is 20.4 Å². The average Bonchev–Trinajstić information content (AvgIpc) is 2.28. The van der Waals surface area contributed by atoms with Crippen LogP contribution in [0.4, 0.5) is 0 Å². The first-order valence-electron chi connectivity index (χ1n) is 5.55. The van der Waals surface area contributed by atoms with E-state index < -0.39 is 0 Å². The SMILES string of the molecule is CC(C)CNC(=O)CNCc1ccncc1. The van der Waals surface area contributed by atoms with E-state index in [1.54, 1.807) is 12.4 Å². The first-order chi connectivity index (χ1) is 7.68. The third-order valence-electron chi connectivity index (χ3n) is 2.07. The van der Waals surface area contributed by atoms with Gasteiger partial charge >= 0.3 is 0 Å². The molecule has 0 atom stereocenters. The average molecular weight is 221 g/mol. The molecule has 1 aromatic rings. The summed E-state index contributed by atoms with van der Waals surface area (Å²) in [5.74, 6) is 0.534. The van der Waals surface area contributed by atoms with Gasteiger partial charge in [-0.05, 0) is 23.6 Å². The minimum Gasteiger partial charge on any atom is -0.355 e. The van der Waals surface area contributed by atoms with E-state index in [0.29, 0.717) is 19.0 Å². The number of carbonyl (C=O) groups is 1. The first kappa shape index (κ1) is 12.6. The Labute approximate surface area is 96.5 Å². The third kappa shape index (κ3) is 5.46. The van der Waals surface area contributed by atoms with E-state index in [1.165, 1.54) is 0 Å². The van der Waals surface area contributed by atoms with Gasteiger partial charge in [0.05, 0.1) is 6.54 Å². The standard InChI is InChI=1S/C12H19N3O/c1-10(2)7-15-12(16)9-14-8-11-3-5-13-6-4-11/h3-6,10,14H,7-9H2,1-2H3,(H,15,16). The lowest BCUT2D eigenvalue weighted by atomic mass is 10.2. The molecule has 0 aliphatic carbocycles. The van der Waals surface area contributed by atoms with Gasteiger partial charge < -0.3 is 10.6 Å². The van der Waals surface area contributed by atoms with E-state index >= 15 is 0 Å². The maximum atomic E-state index is 11.4. The fraction of sp³-hybridized carbons (Fsp3) is 0.500. The molecule has 2 N–H and O–H groups in total. The van der Waals surface area contributed by atoms with E-state index in [9.17, 15) is 4.79 Å². The van der Waals surface area contributed by atoms with Gasteiger partial charge in [0.1, 0.15) is 0 Å². The van der Waals surface area contributed by atoms with Crippen LogP contribution in [0.15, 0.2) is 24.5 Å².